The van der Waals surface area contributed by atoms with E-state index in [0.29, 0.717) is 46.8 Å². The highest BCUT2D eigenvalue weighted by Crippen LogP contribution is 2.39. The first-order valence-electron chi connectivity index (χ1n) is 8.41. The summed E-state index contributed by atoms with van der Waals surface area (Å²) in [5.74, 6) is 1.62. The highest BCUT2D eigenvalue weighted by Gasteiger charge is 2.25. The number of anilines is 1. The van der Waals surface area contributed by atoms with Gasteiger partial charge < -0.3 is 14.8 Å². The van der Waals surface area contributed by atoms with Gasteiger partial charge in [0.15, 0.2) is 11.5 Å². The lowest BCUT2D eigenvalue weighted by Crippen LogP contribution is -2.17. The summed E-state index contributed by atoms with van der Waals surface area (Å²) in [6.07, 6.45) is 2.98. The molecule has 0 saturated heterocycles. The van der Waals surface area contributed by atoms with Gasteiger partial charge in [-0.2, -0.15) is 5.26 Å². The van der Waals surface area contributed by atoms with Crippen LogP contribution < -0.4 is 14.8 Å². The summed E-state index contributed by atoms with van der Waals surface area (Å²) >= 11 is 1.53. The highest BCUT2D eigenvalue weighted by atomic mass is 32.1. The van der Waals surface area contributed by atoms with E-state index in [1.807, 2.05) is 0 Å². The number of nitrogens with one attached hydrogen (secondary N) is 1. The minimum Gasteiger partial charge on any atom is -0.486 e. The molecule has 1 atom stereocenters. The van der Waals surface area contributed by atoms with E-state index >= 15 is 0 Å². The molecule has 6 heteroatoms. The average molecular weight is 354 g/mol. The van der Waals surface area contributed by atoms with E-state index in [0.717, 1.165) is 24.8 Å². The zero-order valence-electron chi connectivity index (χ0n) is 13.9. The first-order chi connectivity index (χ1) is 12.2. The molecule has 2 aliphatic rings. The lowest BCUT2D eigenvalue weighted by Gasteiger charge is -2.18. The van der Waals surface area contributed by atoms with Crippen molar-refractivity contribution < 1.29 is 14.3 Å². The number of thiophene rings is 1. The Balaban J connectivity index is 1.60. The Morgan fingerprint density at radius 1 is 1.32 bits per heavy atom. The van der Waals surface area contributed by atoms with Crippen molar-refractivity contribution in [3.8, 4) is 17.6 Å². The largest absolute Gasteiger partial charge is 0.486 e. The number of ether oxygens (including phenoxy) is 2. The van der Waals surface area contributed by atoms with Gasteiger partial charge in [0.25, 0.3) is 5.91 Å². The fourth-order valence-electron chi connectivity index (χ4n) is 3.32. The Bertz CT molecular complexity index is 882. The van der Waals surface area contributed by atoms with Crippen LogP contribution in [0.2, 0.25) is 0 Å². The number of carbonyl (C=O) groups is 1. The molecule has 0 radical (unpaired) electrons. The maximum Gasteiger partial charge on any atom is 0.256 e. The van der Waals surface area contributed by atoms with Gasteiger partial charge in [-0.15, -0.1) is 11.3 Å². The van der Waals surface area contributed by atoms with Crippen molar-refractivity contribution >= 4 is 22.2 Å². The molecule has 0 fully saturated rings. The third-order valence-electron chi connectivity index (χ3n) is 4.65. The van der Waals surface area contributed by atoms with Gasteiger partial charge in [-0.1, -0.05) is 6.92 Å². The molecule has 2 aromatic rings. The number of hydrogen-bond acceptors (Lipinski definition) is 5. The summed E-state index contributed by atoms with van der Waals surface area (Å²) in [7, 11) is 0. The molecule has 0 saturated carbocycles. The number of benzene rings is 1. The number of nitrogens with zero attached hydrogens (tertiary/aromatic N) is 1. The van der Waals surface area contributed by atoms with Crippen LogP contribution in [0.15, 0.2) is 18.2 Å². The van der Waals surface area contributed by atoms with Crippen LogP contribution in [-0.2, 0) is 12.8 Å². The van der Waals surface area contributed by atoms with Crippen LogP contribution >= 0.6 is 11.3 Å². The van der Waals surface area contributed by atoms with Crippen molar-refractivity contribution in [2.24, 2.45) is 5.92 Å². The molecule has 5 nitrogen and oxygen atoms in total. The average Bonchev–Trinajstić information content (AvgIpc) is 2.97. The second-order valence-electron chi connectivity index (χ2n) is 6.48. The van der Waals surface area contributed by atoms with Gasteiger partial charge in [0, 0.05) is 10.4 Å². The maximum atomic E-state index is 12.6. The molecule has 1 aromatic heterocycles. The van der Waals surface area contributed by atoms with Crippen LogP contribution in [0.25, 0.3) is 0 Å². The molecule has 1 aliphatic heterocycles. The molecule has 0 bridgehead atoms. The van der Waals surface area contributed by atoms with E-state index in [9.17, 15) is 10.1 Å². The van der Waals surface area contributed by atoms with Gasteiger partial charge in [-0.05, 0) is 48.9 Å². The van der Waals surface area contributed by atoms with E-state index in [4.69, 9.17) is 9.47 Å². The zero-order chi connectivity index (χ0) is 17.4. The minimum atomic E-state index is -0.236. The normalized spacial score (nSPS) is 18.2. The predicted octanol–water partition coefficient (Wildman–Crippen LogP) is 3.77. The van der Waals surface area contributed by atoms with Crippen molar-refractivity contribution in [2.75, 3.05) is 18.5 Å². The van der Waals surface area contributed by atoms with Gasteiger partial charge in [-0.3, -0.25) is 4.79 Å². The molecule has 1 aromatic carbocycles. The predicted molar refractivity (Wildman–Crippen MR) is 95.6 cm³/mol. The lowest BCUT2D eigenvalue weighted by molar-refractivity contribution is 0.102. The summed E-state index contributed by atoms with van der Waals surface area (Å²) < 4.78 is 11.0. The Hall–Kier alpha value is -2.52. The summed E-state index contributed by atoms with van der Waals surface area (Å²) in [5, 5.41) is 13.1. The Kier molecular flexibility index (Phi) is 4.10. The van der Waals surface area contributed by atoms with Crippen LogP contribution in [0.5, 0.6) is 11.5 Å². The summed E-state index contributed by atoms with van der Waals surface area (Å²) in [6.45, 7) is 3.22. The number of hydrogen-bond donors (Lipinski definition) is 1. The fraction of sp³-hybridized carbons (Fsp3) is 0.368. The molecule has 25 heavy (non-hydrogen) atoms. The molecular formula is C19H18N2O3S. The van der Waals surface area contributed by atoms with Crippen LogP contribution in [0.1, 0.15) is 39.7 Å². The van der Waals surface area contributed by atoms with Crippen molar-refractivity contribution in [1.29, 1.82) is 5.26 Å². The lowest BCUT2D eigenvalue weighted by atomic mass is 9.88. The van der Waals surface area contributed by atoms with Crippen molar-refractivity contribution in [1.82, 2.24) is 0 Å². The second kappa shape index (κ2) is 6.41. The third kappa shape index (κ3) is 2.96. The third-order valence-corrected chi connectivity index (χ3v) is 5.82. The summed E-state index contributed by atoms with van der Waals surface area (Å²) in [6, 6.07) is 7.42. The SMILES string of the molecule is C[C@H]1CCc2c(sc(NC(=O)c3ccc4c(c3)OCCO4)c2C#N)C1. The molecule has 1 amide bonds. The van der Waals surface area contributed by atoms with E-state index in [1.54, 1.807) is 18.2 Å². The number of carbonyl (C=O) groups excluding carboxylic acids is 1. The van der Waals surface area contributed by atoms with Crippen molar-refractivity contribution in [3.05, 3.63) is 39.8 Å². The maximum absolute atomic E-state index is 12.6. The topological polar surface area (TPSA) is 71.3 Å². The second-order valence-corrected chi connectivity index (χ2v) is 7.59. The van der Waals surface area contributed by atoms with Gasteiger partial charge >= 0.3 is 0 Å². The molecule has 0 unspecified atom stereocenters. The number of rotatable bonds is 2. The van der Waals surface area contributed by atoms with E-state index in [-0.39, 0.29) is 5.91 Å². The summed E-state index contributed by atoms with van der Waals surface area (Å²) in [4.78, 5) is 13.9. The quantitative estimate of drug-likeness (QED) is 0.891. The van der Waals surface area contributed by atoms with Gasteiger partial charge in [0.2, 0.25) is 0 Å². The van der Waals surface area contributed by atoms with Gasteiger partial charge in [0.1, 0.15) is 24.3 Å². The van der Waals surface area contributed by atoms with Gasteiger partial charge in [0.05, 0.1) is 5.56 Å². The van der Waals surface area contributed by atoms with Crippen LogP contribution in [0.4, 0.5) is 5.00 Å². The fourth-order valence-corrected chi connectivity index (χ4v) is 4.67. The number of amides is 1. The standard InChI is InChI=1S/C19H18N2O3S/c1-11-2-4-13-14(10-20)19(25-17(13)8-11)21-18(22)12-3-5-15-16(9-12)24-7-6-23-15/h3,5,9,11H,2,4,6-8H2,1H3,(H,21,22)/t11-/m0/s1. The Labute approximate surface area is 150 Å². The molecular weight excluding hydrogens is 336 g/mol. The van der Waals surface area contributed by atoms with E-state index in [2.05, 4.69) is 18.3 Å². The molecule has 1 N–H and O–H groups in total. The number of fused-ring (bicyclic) bond motifs is 2. The van der Waals surface area contributed by atoms with Crippen LogP contribution in [-0.4, -0.2) is 19.1 Å². The monoisotopic (exact) mass is 354 g/mol. The first-order valence-corrected chi connectivity index (χ1v) is 9.23. The van der Waals surface area contributed by atoms with Crippen LogP contribution in [0, 0.1) is 17.2 Å². The zero-order valence-corrected chi connectivity index (χ0v) is 14.7. The molecule has 128 valence electrons. The van der Waals surface area contributed by atoms with E-state index < -0.39 is 0 Å². The Morgan fingerprint density at radius 2 is 2.12 bits per heavy atom. The molecule has 4 rings (SSSR count). The Morgan fingerprint density at radius 3 is 2.92 bits per heavy atom. The highest BCUT2D eigenvalue weighted by molar-refractivity contribution is 7.16. The molecule has 1 aliphatic carbocycles. The van der Waals surface area contributed by atoms with Crippen LogP contribution in [0.3, 0.4) is 0 Å². The molecule has 2 heterocycles. The number of nitriles is 1. The smallest absolute Gasteiger partial charge is 0.256 e. The summed E-state index contributed by atoms with van der Waals surface area (Å²) in [5.41, 5.74) is 2.23. The first kappa shape index (κ1) is 16.0. The van der Waals surface area contributed by atoms with Crippen molar-refractivity contribution in [2.45, 2.75) is 26.2 Å². The minimum absolute atomic E-state index is 0.236. The van der Waals surface area contributed by atoms with E-state index in [1.165, 1.54) is 16.2 Å². The van der Waals surface area contributed by atoms with Gasteiger partial charge in [-0.25, -0.2) is 0 Å². The van der Waals surface area contributed by atoms with Crippen molar-refractivity contribution in [3.63, 3.8) is 0 Å². The molecule has 0 spiro atoms.